The number of ether oxygens (including phenoxy) is 2. The lowest BCUT2D eigenvalue weighted by molar-refractivity contribution is -0.181. The Balaban J connectivity index is 1.47. The van der Waals surface area contributed by atoms with Gasteiger partial charge in [-0.2, -0.15) is 0 Å². The molecule has 7 nitrogen and oxygen atoms in total. The molecule has 8 heteroatoms. The molecule has 2 fully saturated rings. The zero-order chi connectivity index (χ0) is 23.5. The zero-order valence-electron chi connectivity index (χ0n) is 19.3. The second-order valence-corrected chi connectivity index (χ2v) is 10.4. The van der Waals surface area contributed by atoms with Gasteiger partial charge in [-0.05, 0) is 55.2 Å². The first-order chi connectivity index (χ1) is 15.8. The maximum atomic E-state index is 13.1. The van der Waals surface area contributed by atoms with E-state index in [1.165, 1.54) is 11.6 Å². The van der Waals surface area contributed by atoms with Gasteiger partial charge in [0.1, 0.15) is 0 Å². The van der Waals surface area contributed by atoms with Crippen LogP contribution in [0.2, 0.25) is 0 Å². The van der Waals surface area contributed by atoms with Gasteiger partial charge in [0.25, 0.3) is 15.9 Å². The van der Waals surface area contributed by atoms with E-state index in [0.717, 1.165) is 19.3 Å². The van der Waals surface area contributed by atoms with Crippen LogP contribution in [0.1, 0.15) is 54.1 Å². The molecule has 2 heterocycles. The molecule has 0 radical (unpaired) electrons. The van der Waals surface area contributed by atoms with Crippen LogP contribution in [0.3, 0.4) is 0 Å². The van der Waals surface area contributed by atoms with E-state index >= 15 is 0 Å². The normalized spacial score (nSPS) is 17.9. The molecule has 2 aromatic carbocycles. The molecule has 2 aromatic rings. The van der Waals surface area contributed by atoms with Crippen molar-refractivity contribution in [3.63, 3.8) is 0 Å². The van der Waals surface area contributed by atoms with Crippen molar-refractivity contribution < 1.29 is 22.7 Å². The number of hydrogen-bond donors (Lipinski definition) is 1. The van der Waals surface area contributed by atoms with Gasteiger partial charge >= 0.3 is 0 Å². The number of amides is 1. The number of hydrogen-bond acceptors (Lipinski definition) is 5. The van der Waals surface area contributed by atoms with Gasteiger partial charge < -0.3 is 14.4 Å². The largest absolute Gasteiger partial charge is 0.347 e. The topological polar surface area (TPSA) is 84.9 Å². The third-order valence-corrected chi connectivity index (χ3v) is 7.90. The van der Waals surface area contributed by atoms with E-state index in [4.69, 9.17) is 9.47 Å². The minimum Gasteiger partial charge on any atom is -0.347 e. The summed E-state index contributed by atoms with van der Waals surface area (Å²) in [5, 5.41) is 0. The molecule has 0 bridgehead atoms. The predicted octanol–water partition coefficient (Wildman–Crippen LogP) is 4.12. The first-order valence-electron chi connectivity index (χ1n) is 11.6. The number of aryl methyl sites for hydroxylation is 2. The fraction of sp³-hybridized carbons (Fsp3) is 0.480. The summed E-state index contributed by atoms with van der Waals surface area (Å²) in [6, 6.07) is 12.3. The Morgan fingerprint density at radius 2 is 1.73 bits per heavy atom. The highest BCUT2D eigenvalue weighted by molar-refractivity contribution is 7.92. The summed E-state index contributed by atoms with van der Waals surface area (Å²) >= 11 is 0. The fourth-order valence-electron chi connectivity index (χ4n) is 4.37. The van der Waals surface area contributed by atoms with E-state index in [1.54, 1.807) is 36.1 Å². The number of anilines is 1. The summed E-state index contributed by atoms with van der Waals surface area (Å²) in [7, 11) is -3.84. The number of unbranched alkanes of at least 4 members (excludes halogenated alkanes) is 1. The molecule has 178 valence electrons. The maximum Gasteiger partial charge on any atom is 0.262 e. The minimum atomic E-state index is -3.84. The first kappa shape index (κ1) is 23.7. The van der Waals surface area contributed by atoms with Gasteiger partial charge in [0.15, 0.2) is 5.79 Å². The van der Waals surface area contributed by atoms with Crippen molar-refractivity contribution in [3.8, 4) is 0 Å². The minimum absolute atomic E-state index is 0.111. The molecule has 2 aliphatic rings. The van der Waals surface area contributed by atoms with Crippen molar-refractivity contribution >= 4 is 21.6 Å². The van der Waals surface area contributed by atoms with E-state index in [1.807, 2.05) is 12.1 Å². The van der Waals surface area contributed by atoms with Crippen LogP contribution in [-0.4, -0.2) is 51.3 Å². The van der Waals surface area contributed by atoms with E-state index in [0.29, 0.717) is 56.0 Å². The van der Waals surface area contributed by atoms with Crippen LogP contribution in [0.15, 0.2) is 47.4 Å². The molecule has 0 aliphatic carbocycles. The van der Waals surface area contributed by atoms with Crippen LogP contribution >= 0.6 is 0 Å². The van der Waals surface area contributed by atoms with Gasteiger partial charge in [-0.15, -0.1) is 0 Å². The molecule has 4 rings (SSSR count). The highest BCUT2D eigenvalue weighted by Gasteiger charge is 2.41. The van der Waals surface area contributed by atoms with E-state index < -0.39 is 15.8 Å². The summed E-state index contributed by atoms with van der Waals surface area (Å²) in [4.78, 5) is 15.0. The molecule has 0 atom stereocenters. The number of piperidine rings is 1. The average molecular weight is 473 g/mol. The van der Waals surface area contributed by atoms with E-state index in [2.05, 4.69) is 11.6 Å². The third kappa shape index (κ3) is 5.39. The standard InChI is InChI=1S/C25H32N2O5S/c1-3-4-5-20-7-10-22(11-8-20)26-33(29,30)23-18-21(9-6-19(23)2)24(28)27-14-12-25(13-15-27)31-16-17-32-25/h6-11,18,26H,3-5,12-17H2,1-2H3. The van der Waals surface area contributed by atoms with Gasteiger partial charge in [-0.1, -0.05) is 31.5 Å². The first-order valence-corrected chi connectivity index (χ1v) is 13.1. The highest BCUT2D eigenvalue weighted by Crippen LogP contribution is 2.32. The molecule has 1 N–H and O–H groups in total. The number of benzene rings is 2. The Hall–Kier alpha value is -2.42. The Labute approximate surface area is 196 Å². The SMILES string of the molecule is CCCCc1ccc(NS(=O)(=O)c2cc(C(=O)N3CCC4(CC3)OCCO4)ccc2C)cc1. The van der Waals surface area contributed by atoms with Crippen molar-refractivity contribution in [3.05, 3.63) is 59.2 Å². The van der Waals surface area contributed by atoms with Crippen LogP contribution in [0.4, 0.5) is 5.69 Å². The van der Waals surface area contributed by atoms with Crippen LogP contribution < -0.4 is 4.72 Å². The summed E-state index contributed by atoms with van der Waals surface area (Å²) in [6.07, 6.45) is 4.42. The average Bonchev–Trinajstić information content (AvgIpc) is 3.26. The Morgan fingerprint density at radius 1 is 1.06 bits per heavy atom. The van der Waals surface area contributed by atoms with Gasteiger partial charge in [0.05, 0.1) is 18.1 Å². The Kier molecular flexibility index (Phi) is 7.07. The summed E-state index contributed by atoms with van der Waals surface area (Å²) in [5.41, 5.74) is 2.63. The van der Waals surface area contributed by atoms with Crippen molar-refractivity contribution in [2.45, 2.75) is 56.6 Å². The van der Waals surface area contributed by atoms with Crippen molar-refractivity contribution in [2.24, 2.45) is 0 Å². The molecular weight excluding hydrogens is 440 g/mol. The lowest BCUT2D eigenvalue weighted by Crippen LogP contribution is -2.47. The molecule has 33 heavy (non-hydrogen) atoms. The molecule has 1 amide bonds. The van der Waals surface area contributed by atoms with Crippen molar-refractivity contribution in [1.29, 1.82) is 0 Å². The molecule has 0 aromatic heterocycles. The number of nitrogens with zero attached hydrogens (tertiary/aromatic N) is 1. The summed E-state index contributed by atoms with van der Waals surface area (Å²) in [5.74, 6) is -0.742. The van der Waals surface area contributed by atoms with Crippen LogP contribution in [0.5, 0.6) is 0 Å². The summed E-state index contributed by atoms with van der Waals surface area (Å²) < 4.78 is 40.4. The van der Waals surface area contributed by atoms with Gasteiger partial charge in [-0.3, -0.25) is 9.52 Å². The van der Waals surface area contributed by atoms with Crippen molar-refractivity contribution in [1.82, 2.24) is 4.90 Å². The lowest BCUT2D eigenvalue weighted by Gasteiger charge is -2.37. The Morgan fingerprint density at radius 3 is 2.36 bits per heavy atom. The van der Waals surface area contributed by atoms with Crippen molar-refractivity contribution in [2.75, 3.05) is 31.0 Å². The van der Waals surface area contributed by atoms with Crippen LogP contribution in [0, 0.1) is 6.92 Å². The van der Waals surface area contributed by atoms with Crippen LogP contribution in [0.25, 0.3) is 0 Å². The quantitative estimate of drug-likeness (QED) is 0.655. The lowest BCUT2D eigenvalue weighted by atomic mass is 10.0. The number of sulfonamides is 1. The zero-order valence-corrected chi connectivity index (χ0v) is 20.1. The summed E-state index contributed by atoms with van der Waals surface area (Å²) in [6.45, 7) is 6.07. The number of carbonyl (C=O) groups is 1. The number of likely N-dealkylation sites (tertiary alicyclic amines) is 1. The number of carbonyl (C=O) groups excluding carboxylic acids is 1. The monoisotopic (exact) mass is 472 g/mol. The second kappa shape index (κ2) is 9.83. The second-order valence-electron chi connectivity index (χ2n) is 8.79. The number of nitrogens with one attached hydrogen (secondary N) is 1. The highest BCUT2D eigenvalue weighted by atomic mass is 32.2. The molecule has 0 saturated carbocycles. The van der Waals surface area contributed by atoms with E-state index in [9.17, 15) is 13.2 Å². The number of rotatable bonds is 7. The molecule has 0 unspecified atom stereocenters. The van der Waals surface area contributed by atoms with E-state index in [-0.39, 0.29) is 10.8 Å². The molecule has 1 spiro atoms. The fourth-order valence-corrected chi connectivity index (χ4v) is 5.70. The van der Waals surface area contributed by atoms with Gasteiger partial charge in [0.2, 0.25) is 0 Å². The van der Waals surface area contributed by atoms with Gasteiger partial charge in [0, 0.05) is 37.2 Å². The molecule has 2 saturated heterocycles. The third-order valence-electron chi connectivity index (χ3n) is 6.38. The molecular formula is C25H32N2O5S. The van der Waals surface area contributed by atoms with Crippen LogP contribution in [-0.2, 0) is 25.9 Å². The Bertz CT molecular complexity index is 1080. The predicted molar refractivity (Wildman–Crippen MR) is 127 cm³/mol. The smallest absolute Gasteiger partial charge is 0.262 e. The maximum absolute atomic E-state index is 13.1. The molecule has 2 aliphatic heterocycles. The van der Waals surface area contributed by atoms with Gasteiger partial charge in [-0.25, -0.2) is 8.42 Å².